The van der Waals surface area contributed by atoms with E-state index in [1.807, 2.05) is 45.2 Å². The fraction of sp³-hybridized carbons (Fsp3) is 0.286. The SMILES string of the molecule is NCc1nc(OC(F)(F)F)cc(I)c1I. The minimum Gasteiger partial charge on any atom is -0.388 e. The normalized spacial score (nSPS) is 11.6. The fourth-order valence-corrected chi connectivity index (χ4v) is 1.90. The Balaban J connectivity index is 3.06. The number of nitrogens with two attached hydrogens (primary N) is 1. The van der Waals surface area contributed by atoms with Gasteiger partial charge in [0, 0.05) is 19.8 Å². The molecular weight excluding hydrogens is 439 g/mol. The third kappa shape index (κ3) is 3.90. The van der Waals surface area contributed by atoms with Crippen LogP contribution < -0.4 is 10.5 Å². The van der Waals surface area contributed by atoms with Crippen LogP contribution in [0.15, 0.2) is 6.07 Å². The topological polar surface area (TPSA) is 48.1 Å². The van der Waals surface area contributed by atoms with E-state index in [4.69, 9.17) is 5.73 Å². The molecule has 0 amide bonds. The van der Waals surface area contributed by atoms with Gasteiger partial charge in [-0.15, -0.1) is 13.2 Å². The molecule has 0 aromatic carbocycles. The first-order valence-corrected chi connectivity index (χ1v) is 5.80. The number of rotatable bonds is 2. The van der Waals surface area contributed by atoms with E-state index < -0.39 is 12.2 Å². The van der Waals surface area contributed by atoms with E-state index >= 15 is 0 Å². The lowest BCUT2D eigenvalue weighted by molar-refractivity contribution is -0.276. The molecule has 1 aromatic rings. The van der Waals surface area contributed by atoms with Crippen LogP contribution in [0, 0.1) is 7.14 Å². The lowest BCUT2D eigenvalue weighted by Crippen LogP contribution is -2.19. The molecule has 0 aliphatic heterocycles. The van der Waals surface area contributed by atoms with Gasteiger partial charge in [-0.1, -0.05) is 0 Å². The zero-order chi connectivity index (χ0) is 11.6. The zero-order valence-electron chi connectivity index (χ0n) is 7.11. The van der Waals surface area contributed by atoms with Gasteiger partial charge < -0.3 is 10.5 Å². The Bertz CT molecular complexity index is 370. The van der Waals surface area contributed by atoms with Gasteiger partial charge in [0.05, 0.1) is 5.69 Å². The van der Waals surface area contributed by atoms with E-state index in [0.29, 0.717) is 9.26 Å². The number of pyridine rings is 1. The van der Waals surface area contributed by atoms with Crippen LogP contribution in [0.5, 0.6) is 5.88 Å². The Morgan fingerprint density at radius 3 is 2.47 bits per heavy atom. The van der Waals surface area contributed by atoms with Gasteiger partial charge in [0.2, 0.25) is 5.88 Å². The van der Waals surface area contributed by atoms with Crippen LogP contribution in [-0.4, -0.2) is 11.3 Å². The molecule has 2 N–H and O–H groups in total. The number of hydrogen-bond donors (Lipinski definition) is 1. The summed E-state index contributed by atoms with van der Waals surface area (Å²) < 4.78 is 40.8. The number of aromatic nitrogens is 1. The highest BCUT2D eigenvalue weighted by Crippen LogP contribution is 2.26. The highest BCUT2D eigenvalue weighted by atomic mass is 127. The molecule has 15 heavy (non-hydrogen) atoms. The first kappa shape index (κ1) is 13.2. The lowest BCUT2D eigenvalue weighted by atomic mass is 10.3. The molecule has 0 fully saturated rings. The standard InChI is InChI=1S/C7H5F3I2N2O/c8-7(9,10)15-5-1-3(11)6(12)4(2-13)14-5/h1H,2,13H2. The summed E-state index contributed by atoms with van der Waals surface area (Å²) in [6.07, 6.45) is -4.73. The summed E-state index contributed by atoms with van der Waals surface area (Å²) in [5.41, 5.74) is 5.74. The first-order valence-electron chi connectivity index (χ1n) is 3.64. The maximum Gasteiger partial charge on any atom is 0.574 e. The number of halogens is 5. The van der Waals surface area contributed by atoms with Crippen molar-refractivity contribution >= 4 is 45.2 Å². The van der Waals surface area contributed by atoms with Gasteiger partial charge in [0.1, 0.15) is 0 Å². The molecule has 0 saturated heterocycles. The van der Waals surface area contributed by atoms with Crippen LogP contribution in [0.25, 0.3) is 0 Å². The second kappa shape index (κ2) is 4.99. The first-order chi connectivity index (χ1) is 6.83. The number of ether oxygens (including phenoxy) is 1. The minimum atomic E-state index is -4.73. The van der Waals surface area contributed by atoms with Gasteiger partial charge in [-0.3, -0.25) is 0 Å². The Labute approximate surface area is 111 Å². The number of nitrogens with zero attached hydrogens (tertiary/aromatic N) is 1. The Kier molecular flexibility index (Phi) is 4.40. The predicted octanol–water partition coefficient (Wildman–Crippen LogP) is 2.65. The fourth-order valence-electron chi connectivity index (χ4n) is 0.830. The van der Waals surface area contributed by atoms with Crippen LogP contribution in [0.3, 0.4) is 0 Å². The highest BCUT2D eigenvalue weighted by molar-refractivity contribution is 14.1. The van der Waals surface area contributed by atoms with Gasteiger partial charge in [0.15, 0.2) is 0 Å². The molecule has 84 valence electrons. The van der Waals surface area contributed by atoms with E-state index in [0.717, 1.165) is 3.57 Å². The van der Waals surface area contributed by atoms with E-state index in [9.17, 15) is 13.2 Å². The molecule has 3 nitrogen and oxygen atoms in total. The summed E-state index contributed by atoms with van der Waals surface area (Å²) in [7, 11) is 0. The van der Waals surface area contributed by atoms with Gasteiger partial charge in [-0.05, 0) is 45.2 Å². The molecule has 0 radical (unpaired) electrons. The summed E-state index contributed by atoms with van der Waals surface area (Å²) in [5, 5.41) is 0. The molecular formula is C7H5F3I2N2O. The monoisotopic (exact) mass is 444 g/mol. The molecule has 0 bridgehead atoms. The van der Waals surface area contributed by atoms with Crippen molar-refractivity contribution in [2.45, 2.75) is 12.9 Å². The molecule has 0 atom stereocenters. The number of alkyl halides is 3. The largest absolute Gasteiger partial charge is 0.574 e. The molecule has 8 heteroatoms. The van der Waals surface area contributed by atoms with Crippen LogP contribution in [-0.2, 0) is 6.54 Å². The molecule has 0 unspecified atom stereocenters. The molecule has 0 aliphatic carbocycles. The van der Waals surface area contributed by atoms with E-state index in [-0.39, 0.29) is 6.54 Å². The van der Waals surface area contributed by atoms with Crippen LogP contribution in [0.2, 0.25) is 0 Å². The van der Waals surface area contributed by atoms with E-state index in [2.05, 4.69) is 9.72 Å². The van der Waals surface area contributed by atoms with Crippen LogP contribution in [0.4, 0.5) is 13.2 Å². The van der Waals surface area contributed by atoms with Crippen molar-refractivity contribution in [2.75, 3.05) is 0 Å². The summed E-state index contributed by atoms with van der Waals surface area (Å²) in [4.78, 5) is 3.66. The second-order valence-electron chi connectivity index (χ2n) is 2.45. The number of hydrogen-bond acceptors (Lipinski definition) is 3. The van der Waals surface area contributed by atoms with Gasteiger partial charge in [-0.2, -0.15) is 0 Å². The van der Waals surface area contributed by atoms with E-state index in [1.54, 1.807) is 0 Å². The smallest absolute Gasteiger partial charge is 0.388 e. The Hall–Kier alpha value is 0.160. The van der Waals surface area contributed by atoms with Crippen LogP contribution >= 0.6 is 45.2 Å². The van der Waals surface area contributed by atoms with Crippen molar-refractivity contribution in [2.24, 2.45) is 5.73 Å². The van der Waals surface area contributed by atoms with Gasteiger partial charge in [0.25, 0.3) is 0 Å². The zero-order valence-corrected chi connectivity index (χ0v) is 11.4. The third-order valence-corrected chi connectivity index (χ3v) is 4.46. The predicted molar refractivity (Wildman–Crippen MR) is 64.2 cm³/mol. The van der Waals surface area contributed by atoms with Crippen molar-refractivity contribution in [3.05, 3.63) is 18.9 Å². The van der Waals surface area contributed by atoms with Gasteiger partial charge >= 0.3 is 6.36 Å². The van der Waals surface area contributed by atoms with Crippen molar-refractivity contribution in [3.8, 4) is 5.88 Å². The molecule has 1 aromatic heterocycles. The summed E-state index contributed by atoms with van der Waals surface area (Å²) >= 11 is 3.87. The Morgan fingerprint density at radius 1 is 1.40 bits per heavy atom. The van der Waals surface area contributed by atoms with Crippen molar-refractivity contribution in [1.29, 1.82) is 0 Å². The van der Waals surface area contributed by atoms with Crippen molar-refractivity contribution in [1.82, 2.24) is 4.98 Å². The molecule has 1 rings (SSSR count). The van der Waals surface area contributed by atoms with Gasteiger partial charge in [-0.25, -0.2) is 4.98 Å². The maximum absolute atomic E-state index is 11.9. The summed E-state index contributed by atoms with van der Waals surface area (Å²) in [6, 6.07) is 1.22. The lowest BCUT2D eigenvalue weighted by Gasteiger charge is -2.10. The quantitative estimate of drug-likeness (QED) is 0.715. The van der Waals surface area contributed by atoms with Crippen molar-refractivity contribution in [3.63, 3.8) is 0 Å². The average molecular weight is 444 g/mol. The average Bonchev–Trinajstić information content (AvgIpc) is 2.08. The maximum atomic E-state index is 11.9. The minimum absolute atomic E-state index is 0.0728. The molecule has 1 heterocycles. The van der Waals surface area contributed by atoms with Crippen LogP contribution in [0.1, 0.15) is 5.69 Å². The second-order valence-corrected chi connectivity index (χ2v) is 4.70. The Morgan fingerprint density at radius 2 is 2.00 bits per heavy atom. The molecule has 0 aliphatic rings. The molecule has 0 saturated carbocycles. The van der Waals surface area contributed by atoms with Crippen molar-refractivity contribution < 1.29 is 17.9 Å². The third-order valence-electron chi connectivity index (χ3n) is 1.37. The summed E-state index contributed by atoms with van der Waals surface area (Å²) in [6.45, 7) is 0.0728. The highest BCUT2D eigenvalue weighted by Gasteiger charge is 2.32. The molecule has 0 spiro atoms. The summed E-state index contributed by atoms with van der Waals surface area (Å²) in [5.74, 6) is -0.479. The van der Waals surface area contributed by atoms with E-state index in [1.165, 1.54) is 6.07 Å².